The van der Waals surface area contributed by atoms with Crippen molar-refractivity contribution in [1.29, 1.82) is 0 Å². The van der Waals surface area contributed by atoms with Gasteiger partial charge in [0.25, 0.3) is 5.66 Å². The molecule has 2 aromatic carbocycles. The second-order valence-corrected chi connectivity index (χ2v) is 8.94. The van der Waals surface area contributed by atoms with Gasteiger partial charge in [-0.3, -0.25) is 28.9 Å². The van der Waals surface area contributed by atoms with Gasteiger partial charge in [0.1, 0.15) is 0 Å². The normalized spacial score (nSPS) is 17.6. The Morgan fingerprint density at radius 1 is 1.10 bits per heavy atom. The molecule has 0 saturated carbocycles. The second-order valence-electron chi connectivity index (χ2n) is 8.94. The van der Waals surface area contributed by atoms with Crippen molar-refractivity contribution >= 4 is 47.3 Å². The van der Waals surface area contributed by atoms with Gasteiger partial charge in [0.15, 0.2) is 5.78 Å². The van der Waals surface area contributed by atoms with Gasteiger partial charge < -0.3 is 21.8 Å². The summed E-state index contributed by atoms with van der Waals surface area (Å²) in [5, 5.41) is 23.0. The fourth-order valence-corrected chi connectivity index (χ4v) is 4.55. The minimum absolute atomic E-state index is 0.0343. The summed E-state index contributed by atoms with van der Waals surface area (Å²) >= 11 is 0. The first-order valence-electron chi connectivity index (χ1n) is 11.7. The standard InChI is InChI=1S/C26H27N5O8/c1-15(32)26(25(38)39,30(19-5-3-2-4-6-19)24(37)20(27)13-22(34)35)31-21(33)12-18(23(31)36)11-16-7-9-17(10-8-16)14-29-28/h2-10,14,18,20H,11-13,27-28H2,1H3,(H,34,35)(H,38,39)/t18?,20-,26+/m0/s1. The Bertz CT molecular complexity index is 1310. The number of hydrogen-bond acceptors (Lipinski definition) is 9. The summed E-state index contributed by atoms with van der Waals surface area (Å²) in [6.07, 6.45) is 0.122. The number of carboxylic acid groups (broad SMARTS) is 2. The van der Waals surface area contributed by atoms with E-state index in [9.17, 15) is 33.9 Å². The minimum atomic E-state index is -3.15. The van der Waals surface area contributed by atoms with Crippen molar-refractivity contribution in [2.24, 2.45) is 22.6 Å². The SMILES string of the molecule is CC(=O)[C@](C(=O)O)(N1C(=O)CC(Cc2ccc(C=NN)cc2)C1=O)N(C(=O)[C@@H](N)CC(=O)O)c1ccccc1. The van der Waals surface area contributed by atoms with Crippen LogP contribution in [0.1, 0.15) is 30.9 Å². The molecule has 0 bridgehead atoms. The van der Waals surface area contributed by atoms with E-state index in [1.165, 1.54) is 30.5 Å². The van der Waals surface area contributed by atoms with Crippen molar-refractivity contribution in [3.8, 4) is 0 Å². The van der Waals surface area contributed by atoms with E-state index in [4.69, 9.17) is 16.7 Å². The predicted molar refractivity (Wildman–Crippen MR) is 137 cm³/mol. The zero-order valence-electron chi connectivity index (χ0n) is 20.9. The zero-order valence-corrected chi connectivity index (χ0v) is 20.9. The molecule has 3 amide bonds. The molecule has 1 unspecified atom stereocenters. The summed E-state index contributed by atoms with van der Waals surface area (Å²) in [6, 6.07) is 11.9. The fraction of sp³-hybridized carbons (Fsp3) is 0.269. The number of nitrogens with two attached hydrogens (primary N) is 2. The number of nitrogens with zero attached hydrogens (tertiary/aromatic N) is 3. The smallest absolute Gasteiger partial charge is 0.360 e. The maximum Gasteiger partial charge on any atom is 0.360 e. The van der Waals surface area contributed by atoms with Crippen molar-refractivity contribution in [2.45, 2.75) is 37.9 Å². The van der Waals surface area contributed by atoms with Crippen LogP contribution in [0.3, 0.4) is 0 Å². The molecule has 0 aliphatic carbocycles. The maximum atomic E-state index is 13.6. The Hall–Kier alpha value is -4.91. The van der Waals surface area contributed by atoms with Gasteiger partial charge in [-0.25, -0.2) is 9.69 Å². The number of ketones is 1. The molecule has 13 heteroatoms. The molecule has 2 aromatic rings. The highest BCUT2D eigenvalue weighted by Gasteiger charge is 2.63. The van der Waals surface area contributed by atoms with Crippen molar-refractivity contribution in [3.63, 3.8) is 0 Å². The third-order valence-corrected chi connectivity index (χ3v) is 6.31. The van der Waals surface area contributed by atoms with Crippen LogP contribution < -0.4 is 16.5 Å². The number of hydrogen-bond donors (Lipinski definition) is 4. The number of imide groups is 1. The summed E-state index contributed by atoms with van der Waals surface area (Å²) < 4.78 is 0. The molecule has 204 valence electrons. The number of likely N-dealkylation sites (tertiary alicyclic amines) is 1. The van der Waals surface area contributed by atoms with Crippen molar-refractivity contribution < 1.29 is 39.0 Å². The molecular formula is C26H27N5O8. The van der Waals surface area contributed by atoms with Crippen LogP contribution in [0.25, 0.3) is 0 Å². The Kier molecular flexibility index (Phi) is 8.56. The topological polar surface area (TPSA) is 214 Å². The molecule has 1 aliphatic rings. The van der Waals surface area contributed by atoms with E-state index >= 15 is 0 Å². The predicted octanol–water partition coefficient (Wildman–Crippen LogP) is 0.102. The van der Waals surface area contributed by atoms with Gasteiger partial charge in [-0.15, -0.1) is 0 Å². The molecule has 1 heterocycles. The van der Waals surface area contributed by atoms with Gasteiger partial charge in [0.2, 0.25) is 17.7 Å². The van der Waals surface area contributed by atoms with Crippen molar-refractivity contribution in [2.75, 3.05) is 4.90 Å². The average Bonchev–Trinajstić information content (AvgIpc) is 3.15. The first-order valence-corrected chi connectivity index (χ1v) is 11.7. The minimum Gasteiger partial charge on any atom is -0.481 e. The van der Waals surface area contributed by atoms with E-state index in [2.05, 4.69) is 5.10 Å². The summed E-state index contributed by atoms with van der Waals surface area (Å²) in [5.74, 6) is -3.82. The van der Waals surface area contributed by atoms with Gasteiger partial charge in [0.05, 0.1) is 24.6 Å². The average molecular weight is 538 g/mol. The number of benzene rings is 2. The number of hydrazone groups is 1. The second kappa shape index (κ2) is 11.6. The zero-order chi connectivity index (χ0) is 28.9. The number of Topliss-reactive ketones (excluding diaryl/α,β-unsaturated/α-hetero) is 1. The number of carbonyl (C=O) groups excluding carboxylic acids is 4. The Morgan fingerprint density at radius 3 is 2.23 bits per heavy atom. The van der Waals surface area contributed by atoms with E-state index in [-0.39, 0.29) is 17.0 Å². The van der Waals surface area contributed by atoms with Gasteiger partial charge >= 0.3 is 11.9 Å². The first-order chi connectivity index (χ1) is 18.4. The van der Waals surface area contributed by atoms with Crippen LogP contribution in [-0.2, 0) is 35.2 Å². The highest BCUT2D eigenvalue weighted by atomic mass is 16.4. The third kappa shape index (κ3) is 5.52. The molecule has 3 atom stereocenters. The number of para-hydroxylation sites is 1. The molecule has 13 nitrogen and oxygen atoms in total. The van der Waals surface area contributed by atoms with Crippen molar-refractivity contribution in [1.82, 2.24) is 4.90 Å². The summed E-state index contributed by atoms with van der Waals surface area (Å²) in [5.41, 5.74) is 3.80. The number of amides is 3. The lowest BCUT2D eigenvalue weighted by Gasteiger charge is -2.44. The van der Waals surface area contributed by atoms with E-state index < -0.39 is 65.9 Å². The molecule has 0 aromatic heterocycles. The monoisotopic (exact) mass is 537 g/mol. The molecule has 6 N–H and O–H groups in total. The number of carboxylic acids is 2. The highest BCUT2D eigenvalue weighted by molar-refractivity contribution is 6.23. The van der Waals surface area contributed by atoms with Crippen LogP contribution in [0.15, 0.2) is 59.7 Å². The lowest BCUT2D eigenvalue weighted by molar-refractivity contribution is -0.168. The van der Waals surface area contributed by atoms with E-state index in [0.717, 1.165) is 6.92 Å². The molecule has 0 radical (unpaired) electrons. The fourth-order valence-electron chi connectivity index (χ4n) is 4.55. The maximum absolute atomic E-state index is 13.6. The largest absolute Gasteiger partial charge is 0.481 e. The Morgan fingerprint density at radius 2 is 1.72 bits per heavy atom. The van der Waals surface area contributed by atoms with E-state index in [1.54, 1.807) is 30.3 Å². The molecule has 1 fully saturated rings. The first kappa shape index (κ1) is 28.7. The van der Waals surface area contributed by atoms with Crippen LogP contribution in [0.2, 0.25) is 0 Å². The molecule has 1 aliphatic heterocycles. The van der Waals surface area contributed by atoms with Crippen molar-refractivity contribution in [3.05, 3.63) is 65.7 Å². The lowest BCUT2D eigenvalue weighted by atomic mass is 9.95. The van der Waals surface area contributed by atoms with E-state index in [0.29, 0.717) is 16.0 Å². The summed E-state index contributed by atoms with van der Waals surface area (Å²) in [4.78, 5) is 78.6. The van der Waals surface area contributed by atoms with Gasteiger partial charge in [-0.05, 0) is 36.6 Å². The molecule has 39 heavy (non-hydrogen) atoms. The summed E-state index contributed by atoms with van der Waals surface area (Å²) in [6.45, 7) is 0.825. The number of aliphatic carboxylic acids is 2. The summed E-state index contributed by atoms with van der Waals surface area (Å²) in [7, 11) is 0. The molecule has 0 spiro atoms. The molecule has 1 saturated heterocycles. The Labute approximate surface area is 222 Å². The van der Waals surface area contributed by atoms with Crippen LogP contribution in [0.4, 0.5) is 5.69 Å². The van der Waals surface area contributed by atoms with Gasteiger partial charge in [0, 0.05) is 12.1 Å². The van der Waals surface area contributed by atoms with Gasteiger partial charge in [-0.1, -0.05) is 42.5 Å². The van der Waals surface area contributed by atoms with Crippen LogP contribution in [0, 0.1) is 5.92 Å². The van der Waals surface area contributed by atoms with Crippen LogP contribution >= 0.6 is 0 Å². The lowest BCUT2D eigenvalue weighted by Crippen LogP contribution is -2.74. The quantitative estimate of drug-likeness (QED) is 0.0997. The molecular weight excluding hydrogens is 510 g/mol. The molecule has 3 rings (SSSR count). The van der Waals surface area contributed by atoms with Crippen LogP contribution in [0.5, 0.6) is 0 Å². The number of rotatable bonds is 11. The van der Waals surface area contributed by atoms with Gasteiger partial charge in [-0.2, -0.15) is 5.10 Å². The highest BCUT2D eigenvalue weighted by Crippen LogP contribution is 2.36. The Balaban J connectivity index is 2.12. The number of anilines is 1. The van der Waals surface area contributed by atoms with Crippen LogP contribution in [-0.4, -0.2) is 68.5 Å². The number of carbonyl (C=O) groups is 6. The third-order valence-electron chi connectivity index (χ3n) is 6.31. The van der Waals surface area contributed by atoms with E-state index in [1.807, 2.05) is 0 Å².